The van der Waals surface area contributed by atoms with E-state index in [-0.39, 0.29) is 11.6 Å². The number of rotatable bonds is 4. The second-order valence-electron chi connectivity index (χ2n) is 4.25. The maximum absolute atomic E-state index is 12.4. The summed E-state index contributed by atoms with van der Waals surface area (Å²) in [6.07, 6.45) is -3.20. The molecule has 0 aliphatic carbocycles. The van der Waals surface area contributed by atoms with Crippen LogP contribution in [0.25, 0.3) is 0 Å². The van der Waals surface area contributed by atoms with Gasteiger partial charge in [0, 0.05) is 13.6 Å². The van der Waals surface area contributed by atoms with E-state index in [2.05, 4.69) is 15.0 Å². The largest absolute Gasteiger partial charge is 0.416 e. The van der Waals surface area contributed by atoms with Crippen molar-refractivity contribution in [1.82, 2.24) is 19.7 Å². The van der Waals surface area contributed by atoms with Gasteiger partial charge >= 0.3 is 6.18 Å². The molecule has 1 aromatic heterocycles. The third-order valence-electron chi connectivity index (χ3n) is 2.60. The fourth-order valence-corrected chi connectivity index (χ4v) is 2.45. The predicted molar refractivity (Wildman–Crippen MR) is 66.5 cm³/mol. The number of aryl methyl sites for hydroxylation is 1. The van der Waals surface area contributed by atoms with Crippen molar-refractivity contribution in [2.45, 2.75) is 17.7 Å². The van der Waals surface area contributed by atoms with Crippen molar-refractivity contribution in [2.24, 2.45) is 7.05 Å². The van der Waals surface area contributed by atoms with E-state index in [1.165, 1.54) is 30.1 Å². The lowest BCUT2D eigenvalue weighted by molar-refractivity contribution is -0.137. The number of benzene rings is 1. The van der Waals surface area contributed by atoms with Gasteiger partial charge in [0.2, 0.25) is 5.03 Å². The summed E-state index contributed by atoms with van der Waals surface area (Å²) in [6, 6.07) is 4.21. The zero-order valence-corrected chi connectivity index (χ0v) is 11.6. The minimum Gasteiger partial charge on any atom is -0.254 e. The highest BCUT2D eigenvalue weighted by molar-refractivity contribution is 7.89. The summed E-state index contributed by atoms with van der Waals surface area (Å²) < 4.78 is 64.3. The van der Waals surface area contributed by atoms with Gasteiger partial charge in [-0.2, -0.15) is 13.2 Å². The summed E-state index contributed by atoms with van der Waals surface area (Å²) in [5, 5.41) is 6.71. The van der Waals surface area contributed by atoms with Crippen LogP contribution in [0.3, 0.4) is 0 Å². The van der Waals surface area contributed by atoms with E-state index in [1.54, 1.807) is 0 Å². The number of hydrogen-bond donors (Lipinski definition) is 1. The number of aromatic nitrogens is 3. The Kier molecular flexibility index (Phi) is 4.01. The fourth-order valence-electron chi connectivity index (χ4n) is 1.51. The molecule has 0 saturated heterocycles. The monoisotopic (exact) mass is 320 g/mol. The Hall–Kier alpha value is -1.94. The Morgan fingerprint density at radius 3 is 2.33 bits per heavy atom. The average molecular weight is 320 g/mol. The maximum atomic E-state index is 12.4. The van der Waals surface area contributed by atoms with Crippen molar-refractivity contribution in [3.8, 4) is 0 Å². The van der Waals surface area contributed by atoms with Crippen LogP contribution >= 0.6 is 0 Å². The first-order chi connectivity index (χ1) is 9.68. The normalized spacial score (nSPS) is 12.6. The van der Waals surface area contributed by atoms with Crippen LogP contribution in [0.2, 0.25) is 0 Å². The molecule has 6 nitrogen and oxygen atoms in total. The smallest absolute Gasteiger partial charge is 0.254 e. The number of hydrogen-bond acceptors (Lipinski definition) is 4. The molecule has 1 N–H and O–H groups in total. The summed E-state index contributed by atoms with van der Waals surface area (Å²) in [7, 11) is -2.33. The lowest BCUT2D eigenvalue weighted by Gasteiger charge is -2.08. The van der Waals surface area contributed by atoms with Crippen LogP contribution < -0.4 is 4.72 Å². The van der Waals surface area contributed by atoms with Crippen molar-refractivity contribution in [1.29, 1.82) is 0 Å². The van der Waals surface area contributed by atoms with Gasteiger partial charge in [0.1, 0.15) is 0 Å². The quantitative estimate of drug-likeness (QED) is 0.921. The van der Waals surface area contributed by atoms with Gasteiger partial charge in [0.25, 0.3) is 10.0 Å². The van der Waals surface area contributed by atoms with Crippen LogP contribution in [0.5, 0.6) is 0 Å². The highest BCUT2D eigenvalue weighted by Gasteiger charge is 2.30. The minimum absolute atomic E-state index is 0.142. The molecule has 0 aliphatic heterocycles. The first-order valence-corrected chi connectivity index (χ1v) is 7.19. The Bertz CT molecular complexity index is 723. The van der Waals surface area contributed by atoms with Crippen LogP contribution in [-0.2, 0) is 29.8 Å². The van der Waals surface area contributed by atoms with Crippen molar-refractivity contribution in [2.75, 3.05) is 0 Å². The molecule has 2 rings (SSSR count). The fraction of sp³-hybridized carbons (Fsp3) is 0.273. The molecule has 0 radical (unpaired) electrons. The standard InChI is InChI=1S/C11H11F3N4O2S/c1-18-7-10(16-17-18)21(19,20)15-6-8-2-4-9(5-3-8)11(12,13)14/h2-5,7,15H,6H2,1H3. The predicted octanol–water partition coefficient (Wildman–Crippen LogP) is 1.31. The van der Waals surface area contributed by atoms with Crippen molar-refractivity contribution >= 4 is 10.0 Å². The third-order valence-corrected chi connectivity index (χ3v) is 3.87. The number of nitrogens with zero attached hydrogens (tertiary/aromatic N) is 3. The van der Waals surface area contributed by atoms with Crippen molar-refractivity contribution in [3.05, 3.63) is 41.6 Å². The molecule has 114 valence electrons. The molecule has 21 heavy (non-hydrogen) atoms. The topological polar surface area (TPSA) is 76.9 Å². The second kappa shape index (κ2) is 5.45. The average Bonchev–Trinajstić information content (AvgIpc) is 2.83. The van der Waals surface area contributed by atoms with E-state index in [0.717, 1.165) is 12.1 Å². The van der Waals surface area contributed by atoms with Gasteiger partial charge < -0.3 is 0 Å². The molecule has 0 bridgehead atoms. The Balaban J connectivity index is 2.06. The van der Waals surface area contributed by atoms with Gasteiger partial charge in [0.15, 0.2) is 0 Å². The lowest BCUT2D eigenvalue weighted by atomic mass is 10.1. The molecule has 0 amide bonds. The molecule has 2 aromatic rings. The zero-order chi connectivity index (χ0) is 15.7. The number of nitrogens with one attached hydrogen (secondary N) is 1. The van der Waals surface area contributed by atoms with E-state index in [4.69, 9.17) is 0 Å². The van der Waals surface area contributed by atoms with E-state index in [1.807, 2.05) is 0 Å². The molecule has 0 atom stereocenters. The SMILES string of the molecule is Cn1cc(S(=O)(=O)NCc2ccc(C(F)(F)F)cc2)nn1. The van der Waals surface area contributed by atoms with E-state index in [9.17, 15) is 21.6 Å². The molecule has 0 spiro atoms. The Morgan fingerprint density at radius 1 is 1.24 bits per heavy atom. The number of halogens is 3. The van der Waals surface area contributed by atoms with Gasteiger partial charge in [-0.3, -0.25) is 4.68 Å². The van der Waals surface area contributed by atoms with Crippen LogP contribution in [0.1, 0.15) is 11.1 Å². The first-order valence-electron chi connectivity index (χ1n) is 5.70. The Morgan fingerprint density at radius 2 is 1.86 bits per heavy atom. The second-order valence-corrected chi connectivity index (χ2v) is 5.96. The minimum atomic E-state index is -4.42. The highest BCUT2D eigenvalue weighted by Crippen LogP contribution is 2.29. The van der Waals surface area contributed by atoms with E-state index < -0.39 is 21.8 Å². The van der Waals surface area contributed by atoms with Gasteiger partial charge in [-0.15, -0.1) is 5.10 Å². The van der Waals surface area contributed by atoms with Gasteiger partial charge in [-0.05, 0) is 17.7 Å². The highest BCUT2D eigenvalue weighted by atomic mass is 32.2. The summed E-state index contributed by atoms with van der Waals surface area (Å²) in [5.74, 6) is 0. The van der Waals surface area contributed by atoms with Gasteiger partial charge in [-0.1, -0.05) is 17.3 Å². The summed E-state index contributed by atoms with van der Waals surface area (Å²) in [5.41, 5.74) is -0.390. The van der Waals surface area contributed by atoms with Gasteiger partial charge in [-0.25, -0.2) is 13.1 Å². The molecule has 10 heteroatoms. The maximum Gasteiger partial charge on any atom is 0.416 e. The van der Waals surface area contributed by atoms with E-state index >= 15 is 0 Å². The summed E-state index contributed by atoms with van der Waals surface area (Å²) >= 11 is 0. The molecule has 0 saturated carbocycles. The van der Waals surface area contributed by atoms with Gasteiger partial charge in [0.05, 0.1) is 11.8 Å². The molecule has 0 unspecified atom stereocenters. The number of sulfonamides is 1. The Labute approximate surface area is 118 Å². The first kappa shape index (κ1) is 15.4. The summed E-state index contributed by atoms with van der Waals surface area (Å²) in [4.78, 5) is 0. The van der Waals surface area contributed by atoms with E-state index in [0.29, 0.717) is 5.56 Å². The zero-order valence-electron chi connectivity index (χ0n) is 10.8. The molecular weight excluding hydrogens is 309 g/mol. The third kappa shape index (κ3) is 3.79. The molecule has 0 fully saturated rings. The van der Waals surface area contributed by atoms with Crippen molar-refractivity contribution in [3.63, 3.8) is 0 Å². The van der Waals surface area contributed by atoms with Crippen LogP contribution in [0, 0.1) is 0 Å². The van der Waals surface area contributed by atoms with Crippen LogP contribution in [0.15, 0.2) is 35.5 Å². The summed E-state index contributed by atoms with van der Waals surface area (Å²) in [6.45, 7) is -0.142. The van der Waals surface area contributed by atoms with Crippen LogP contribution in [0.4, 0.5) is 13.2 Å². The molecular formula is C11H11F3N4O2S. The molecule has 1 heterocycles. The lowest BCUT2D eigenvalue weighted by Crippen LogP contribution is -2.23. The number of alkyl halides is 3. The van der Waals surface area contributed by atoms with Crippen molar-refractivity contribution < 1.29 is 21.6 Å². The molecule has 0 aliphatic rings. The van der Waals surface area contributed by atoms with Crippen LogP contribution in [-0.4, -0.2) is 23.4 Å². The molecule has 1 aromatic carbocycles.